The summed E-state index contributed by atoms with van der Waals surface area (Å²) in [5, 5.41) is 37.3. The Balaban J connectivity index is 0. The van der Waals surface area contributed by atoms with E-state index < -0.39 is 86.9 Å². The third-order valence-electron chi connectivity index (χ3n) is 10.8. The Bertz CT molecular complexity index is 1210. The van der Waals surface area contributed by atoms with Gasteiger partial charge in [-0.05, 0) is 12.8 Å². The van der Waals surface area contributed by atoms with E-state index in [1.54, 1.807) is 0 Å². The van der Waals surface area contributed by atoms with Crippen LogP contribution >= 0.6 is 0 Å². The van der Waals surface area contributed by atoms with Gasteiger partial charge in [0, 0.05) is 39.0 Å². The van der Waals surface area contributed by atoms with Gasteiger partial charge in [0.25, 0.3) is 0 Å². The number of unbranched alkanes of at least 4 members (excludes halogenated alkanes) is 20. The van der Waals surface area contributed by atoms with Gasteiger partial charge in [0.15, 0.2) is 0 Å². The van der Waals surface area contributed by atoms with Crippen LogP contribution in [0.5, 0.6) is 0 Å². The van der Waals surface area contributed by atoms with Crippen LogP contribution in [0.4, 0.5) is 0 Å². The quantitative estimate of drug-likeness (QED) is 0.0399. The molecule has 18 nitrogen and oxygen atoms in total. The number of carboxylic acid groups (broad SMARTS) is 4. The Kier molecular flexibility index (Phi) is 43.0. The van der Waals surface area contributed by atoms with Gasteiger partial charge in [-0.3, -0.25) is 48.2 Å². The minimum absolute atomic E-state index is 0. The van der Waals surface area contributed by atoms with E-state index in [1.807, 2.05) is 0 Å². The molecule has 4 N–H and O–H groups in total. The molecule has 1 radical (unpaired) electrons. The molecule has 0 unspecified atom stereocenters. The second kappa shape index (κ2) is 43.6. The van der Waals surface area contributed by atoms with E-state index in [1.165, 1.54) is 99.7 Å². The first-order valence-electron chi connectivity index (χ1n) is 23.9. The van der Waals surface area contributed by atoms with Crippen LogP contribution in [0.15, 0.2) is 0 Å². The number of aliphatic carboxylic acids is 4. The van der Waals surface area contributed by atoms with Crippen molar-refractivity contribution >= 4 is 47.6 Å². The summed E-state index contributed by atoms with van der Waals surface area (Å²) in [6, 6.07) is 0. The van der Waals surface area contributed by atoms with Gasteiger partial charge in [0.05, 0.1) is 13.1 Å². The third-order valence-corrected chi connectivity index (χ3v) is 10.8. The van der Waals surface area contributed by atoms with Gasteiger partial charge in [0.2, 0.25) is 11.8 Å². The first-order valence-corrected chi connectivity index (χ1v) is 23.9. The van der Waals surface area contributed by atoms with E-state index in [0.717, 1.165) is 38.5 Å². The Morgan fingerprint density at radius 2 is 0.600 bits per heavy atom. The molecule has 0 bridgehead atoms. The molecule has 2 amide bonds. The summed E-state index contributed by atoms with van der Waals surface area (Å²) < 4.78 is 10.9. The average Bonchev–Trinajstić information content (AvgIpc) is 3.22. The minimum Gasteiger partial charge on any atom is -0.480 e. The third kappa shape index (κ3) is 41.0. The first kappa shape index (κ1) is 64.1. The van der Waals surface area contributed by atoms with Crippen LogP contribution in [0, 0.1) is 39.9 Å². The summed E-state index contributed by atoms with van der Waals surface area (Å²) in [7, 11) is 0. The van der Waals surface area contributed by atoms with Crippen molar-refractivity contribution in [2.24, 2.45) is 0 Å². The monoisotopic (exact) mass is 1070 g/mol. The van der Waals surface area contributed by atoms with Crippen molar-refractivity contribution in [2.45, 2.75) is 168 Å². The molecule has 375 valence electrons. The number of carbonyl (C=O) groups excluding carboxylic acids is 4. The van der Waals surface area contributed by atoms with Crippen molar-refractivity contribution < 1.29 is 108 Å². The molecule has 0 aliphatic rings. The van der Waals surface area contributed by atoms with Gasteiger partial charge < -0.3 is 39.7 Å². The number of carbonyl (C=O) groups is 8. The summed E-state index contributed by atoms with van der Waals surface area (Å²) in [6.45, 7) is -0.442. The van der Waals surface area contributed by atoms with Crippen molar-refractivity contribution in [2.75, 3.05) is 78.7 Å². The summed E-state index contributed by atoms with van der Waals surface area (Å²) >= 11 is 0. The first-order chi connectivity index (χ1) is 30.7. The van der Waals surface area contributed by atoms with Gasteiger partial charge in [-0.25, -0.2) is 0 Å². The van der Waals surface area contributed by atoms with Crippen molar-refractivity contribution in [1.29, 1.82) is 0 Å². The van der Waals surface area contributed by atoms with Crippen LogP contribution in [0.2, 0.25) is 0 Å². The predicted octanol–water partition coefficient (Wildman–Crippen LogP) is 6.07. The maximum absolute atomic E-state index is 13.2. The fraction of sp³-hybridized carbons (Fsp3) is 0.826. The van der Waals surface area contributed by atoms with Crippen LogP contribution in [0.1, 0.15) is 168 Å². The van der Waals surface area contributed by atoms with Gasteiger partial charge >= 0.3 is 75.8 Å². The number of hydrogen-bond acceptors (Lipinski definition) is 12. The van der Waals surface area contributed by atoms with Crippen LogP contribution < -0.4 is 0 Å². The Labute approximate surface area is 419 Å². The molecule has 0 saturated heterocycles. The molecule has 19 heteroatoms. The second-order valence-corrected chi connectivity index (χ2v) is 16.6. The normalized spacial score (nSPS) is 11.0. The Morgan fingerprint density at radius 3 is 0.846 bits per heavy atom. The van der Waals surface area contributed by atoms with Crippen LogP contribution in [-0.2, 0) is 47.8 Å². The van der Waals surface area contributed by atoms with E-state index in [9.17, 15) is 58.8 Å². The number of carboxylic acids is 4. The van der Waals surface area contributed by atoms with Crippen molar-refractivity contribution in [1.82, 2.24) is 19.6 Å². The maximum Gasteiger partial charge on any atom is 3.00 e. The minimum atomic E-state index is -1.42. The summed E-state index contributed by atoms with van der Waals surface area (Å²) in [4.78, 5) is 102. The Morgan fingerprint density at radius 1 is 0.354 bits per heavy atom. The molecule has 0 aromatic carbocycles. The molecule has 0 aliphatic carbocycles. The van der Waals surface area contributed by atoms with Gasteiger partial charge in [0.1, 0.15) is 39.4 Å². The molecule has 0 heterocycles. The largest absolute Gasteiger partial charge is 3.00 e. The summed E-state index contributed by atoms with van der Waals surface area (Å²) in [6.07, 6.45) is 25.1. The fourth-order valence-electron chi connectivity index (χ4n) is 7.11. The summed E-state index contributed by atoms with van der Waals surface area (Å²) in [5.41, 5.74) is 0. The number of nitrogens with zero attached hydrogens (tertiary/aromatic N) is 4. The number of rotatable bonds is 45. The smallest absolute Gasteiger partial charge is 0.480 e. The van der Waals surface area contributed by atoms with E-state index >= 15 is 0 Å². The van der Waals surface area contributed by atoms with Crippen LogP contribution in [0.25, 0.3) is 0 Å². The molecular formula is C46H82GdN4O14+3. The molecule has 0 aromatic heterocycles. The predicted molar refractivity (Wildman–Crippen MR) is 241 cm³/mol. The second-order valence-electron chi connectivity index (χ2n) is 16.6. The zero-order chi connectivity index (χ0) is 47.8. The molecule has 0 aromatic rings. The molecule has 0 atom stereocenters. The Hall–Kier alpha value is -3.00. The van der Waals surface area contributed by atoms with Crippen molar-refractivity contribution in [3.05, 3.63) is 0 Å². The van der Waals surface area contributed by atoms with Crippen LogP contribution in [-0.4, -0.2) is 166 Å². The topological polar surface area (TPSA) is 249 Å². The van der Waals surface area contributed by atoms with E-state index in [4.69, 9.17) is 9.47 Å². The molecule has 0 aliphatic heterocycles. The van der Waals surface area contributed by atoms with Gasteiger partial charge in [-0.1, -0.05) is 142 Å². The van der Waals surface area contributed by atoms with Gasteiger partial charge in [-0.2, -0.15) is 0 Å². The number of esters is 2. The zero-order valence-corrected chi connectivity index (χ0v) is 41.7. The SMILES string of the molecule is CCCCCCCCCCCCCC(=O)OCCN(CCN(CCOC(=O)CCCCCCCCCCCCC)CC(=O)N(CC(=O)O)CC(=O)O)CC(=O)N(CC(=O)O)CC(=O)O.[Gd+3]. The van der Waals surface area contributed by atoms with E-state index in [0.29, 0.717) is 22.6 Å². The van der Waals surface area contributed by atoms with Crippen molar-refractivity contribution in [3.63, 3.8) is 0 Å². The number of hydrogen-bond donors (Lipinski definition) is 4. The van der Waals surface area contributed by atoms with E-state index in [2.05, 4.69) is 13.8 Å². The molecule has 0 rings (SSSR count). The molecule has 0 fully saturated rings. The van der Waals surface area contributed by atoms with E-state index in [-0.39, 0.29) is 92.2 Å². The zero-order valence-electron chi connectivity index (χ0n) is 39.5. The van der Waals surface area contributed by atoms with Crippen LogP contribution in [0.3, 0.4) is 0 Å². The standard InChI is InChI=1S/C46H82N4O14.Gd/c1-3-5-7-9-11-13-15-17-19-21-23-25-45(61)63-31-29-47(33-39(51)49(35-41(53)54)36-42(55)56)27-28-48(34-40(52)50(37-43(57)58)38-44(59)60)30-32-64-46(62)26-24-22-20-18-16-14-12-10-8-6-4-2;/h3-38H2,1-2H3,(H,53,54)(H,55,56)(H,57,58)(H,59,60);/q;+3. The van der Waals surface area contributed by atoms with Crippen molar-refractivity contribution in [3.8, 4) is 0 Å². The fourth-order valence-corrected chi connectivity index (χ4v) is 7.11. The molecular weight excluding hydrogens is 990 g/mol. The number of ether oxygens (including phenoxy) is 2. The van der Waals surface area contributed by atoms with Gasteiger partial charge in [-0.15, -0.1) is 0 Å². The molecule has 0 saturated carbocycles. The molecule has 0 spiro atoms. The summed E-state index contributed by atoms with van der Waals surface area (Å²) in [5.74, 6) is -8.21. The molecule has 65 heavy (non-hydrogen) atoms. The number of amides is 2. The average molecular weight is 1070 g/mol. The maximum atomic E-state index is 13.2.